The van der Waals surface area contributed by atoms with Crippen molar-refractivity contribution in [2.24, 2.45) is 17.6 Å². The maximum atomic E-state index is 11.5. The number of benzene rings is 1. The number of fused-ring (bicyclic) bond motifs is 4. The molecular formula is C19H26N2O. The van der Waals surface area contributed by atoms with E-state index < -0.39 is 0 Å². The van der Waals surface area contributed by atoms with E-state index in [0.29, 0.717) is 17.5 Å². The molecular weight excluding hydrogens is 272 g/mol. The summed E-state index contributed by atoms with van der Waals surface area (Å²) >= 11 is 0. The van der Waals surface area contributed by atoms with Gasteiger partial charge in [0.25, 0.3) is 0 Å². The van der Waals surface area contributed by atoms with Crippen molar-refractivity contribution in [1.29, 1.82) is 0 Å². The van der Waals surface area contributed by atoms with Crippen LogP contribution in [0, 0.1) is 11.8 Å². The maximum absolute atomic E-state index is 11.5. The molecule has 2 N–H and O–H groups in total. The highest BCUT2D eigenvalue weighted by Gasteiger charge is 2.49. The summed E-state index contributed by atoms with van der Waals surface area (Å²) in [6.45, 7) is 7.29. The summed E-state index contributed by atoms with van der Waals surface area (Å²) in [6.07, 6.45) is 5.16. The lowest BCUT2D eigenvalue weighted by atomic mass is 9.59. The van der Waals surface area contributed by atoms with Crippen LogP contribution in [0.4, 0.5) is 0 Å². The Balaban J connectivity index is 1.72. The van der Waals surface area contributed by atoms with Gasteiger partial charge in [-0.3, -0.25) is 9.69 Å². The second-order valence-corrected chi connectivity index (χ2v) is 7.90. The fraction of sp³-hybridized carbons (Fsp3) is 0.632. The monoisotopic (exact) mass is 298 g/mol. The molecule has 0 radical (unpaired) electrons. The number of hydrogen-bond acceptors (Lipinski definition) is 2. The van der Waals surface area contributed by atoms with Gasteiger partial charge >= 0.3 is 0 Å². The molecule has 3 atom stereocenters. The maximum Gasteiger partial charge on any atom is 0.248 e. The Morgan fingerprint density at radius 1 is 1.41 bits per heavy atom. The molecule has 1 heterocycles. The van der Waals surface area contributed by atoms with Crippen molar-refractivity contribution in [2.75, 3.05) is 13.1 Å². The van der Waals surface area contributed by atoms with Crippen molar-refractivity contribution in [1.82, 2.24) is 4.90 Å². The molecule has 3 aliphatic rings. The molecule has 3 heteroatoms. The number of rotatable bonds is 3. The summed E-state index contributed by atoms with van der Waals surface area (Å²) in [5.41, 5.74) is 9.13. The van der Waals surface area contributed by atoms with Crippen LogP contribution in [0.1, 0.15) is 54.6 Å². The Hall–Kier alpha value is -1.35. The highest BCUT2D eigenvalue weighted by Crippen LogP contribution is 2.49. The normalized spacial score (nSPS) is 34.3. The van der Waals surface area contributed by atoms with E-state index in [1.165, 1.54) is 43.5 Å². The van der Waals surface area contributed by atoms with Crippen LogP contribution >= 0.6 is 0 Å². The fourth-order valence-corrected chi connectivity index (χ4v) is 4.72. The lowest BCUT2D eigenvalue weighted by Gasteiger charge is -2.55. The summed E-state index contributed by atoms with van der Waals surface area (Å²) in [5, 5.41) is 0. The van der Waals surface area contributed by atoms with Gasteiger partial charge in [0.1, 0.15) is 0 Å². The molecule has 2 bridgehead atoms. The van der Waals surface area contributed by atoms with Gasteiger partial charge in [-0.25, -0.2) is 0 Å². The van der Waals surface area contributed by atoms with Crippen LogP contribution in [0.5, 0.6) is 0 Å². The van der Waals surface area contributed by atoms with Gasteiger partial charge in [-0.1, -0.05) is 19.9 Å². The molecule has 3 nitrogen and oxygen atoms in total. The Labute approximate surface area is 132 Å². The minimum absolute atomic E-state index is 0.184. The molecule has 1 saturated carbocycles. The third-order valence-electron chi connectivity index (χ3n) is 6.60. The van der Waals surface area contributed by atoms with Crippen LogP contribution in [0.3, 0.4) is 0 Å². The molecule has 1 saturated heterocycles. The van der Waals surface area contributed by atoms with Crippen LogP contribution in [-0.4, -0.2) is 29.9 Å². The quantitative estimate of drug-likeness (QED) is 0.932. The minimum atomic E-state index is -0.313. The second-order valence-electron chi connectivity index (χ2n) is 7.90. The van der Waals surface area contributed by atoms with E-state index in [1.54, 1.807) is 0 Å². The average Bonchev–Trinajstić information content (AvgIpc) is 3.29. The highest BCUT2D eigenvalue weighted by atomic mass is 16.1. The predicted molar refractivity (Wildman–Crippen MR) is 87.9 cm³/mol. The molecule has 4 rings (SSSR count). The van der Waals surface area contributed by atoms with Gasteiger partial charge in [0.15, 0.2) is 0 Å². The number of primary amides is 1. The summed E-state index contributed by atoms with van der Waals surface area (Å²) in [4.78, 5) is 14.3. The standard InChI is InChI=1S/C19H26N2O/c1-12-17-10-14-5-6-15(18(20)22)9-16(14)19(12,2)7-8-21(17)11-13-3-4-13/h5-6,9,12-13,17H,3-4,7-8,10-11H2,1-2H3,(H2,20,22)/t12-,17+,19+/m0/s1. The number of likely N-dealkylation sites (tertiary alicyclic amines) is 1. The number of carbonyl (C=O) groups is 1. The second kappa shape index (κ2) is 4.82. The van der Waals surface area contributed by atoms with Crippen molar-refractivity contribution in [2.45, 2.75) is 51.0 Å². The van der Waals surface area contributed by atoms with Crippen LogP contribution < -0.4 is 5.73 Å². The third-order valence-corrected chi connectivity index (χ3v) is 6.60. The van der Waals surface area contributed by atoms with E-state index in [4.69, 9.17) is 5.73 Å². The molecule has 2 aliphatic carbocycles. The number of nitrogens with zero attached hydrogens (tertiary/aromatic N) is 1. The first-order chi connectivity index (χ1) is 10.5. The van der Waals surface area contributed by atoms with Crippen molar-refractivity contribution >= 4 is 5.91 Å². The zero-order valence-corrected chi connectivity index (χ0v) is 13.6. The van der Waals surface area contributed by atoms with Crippen LogP contribution in [-0.2, 0) is 11.8 Å². The molecule has 0 aromatic heterocycles. The predicted octanol–water partition coefficient (Wildman–Crippen LogP) is 2.72. The Bertz CT molecular complexity index is 622. The Kier molecular flexibility index (Phi) is 3.12. The molecule has 0 spiro atoms. The summed E-state index contributed by atoms with van der Waals surface area (Å²) in [5.74, 6) is 1.28. The minimum Gasteiger partial charge on any atom is -0.366 e. The van der Waals surface area contributed by atoms with Crippen LogP contribution in [0.15, 0.2) is 18.2 Å². The molecule has 1 aromatic carbocycles. The molecule has 2 fully saturated rings. The van der Waals surface area contributed by atoms with Gasteiger partial charge in [0.2, 0.25) is 5.91 Å². The van der Waals surface area contributed by atoms with Crippen molar-refractivity contribution in [3.05, 3.63) is 34.9 Å². The van der Waals surface area contributed by atoms with E-state index in [2.05, 4.69) is 30.9 Å². The van der Waals surface area contributed by atoms with Crippen molar-refractivity contribution in [3.8, 4) is 0 Å². The van der Waals surface area contributed by atoms with E-state index in [9.17, 15) is 4.79 Å². The zero-order chi connectivity index (χ0) is 15.5. The topological polar surface area (TPSA) is 46.3 Å². The highest BCUT2D eigenvalue weighted by molar-refractivity contribution is 5.93. The molecule has 22 heavy (non-hydrogen) atoms. The van der Waals surface area contributed by atoms with E-state index in [0.717, 1.165) is 12.3 Å². The first-order valence-corrected chi connectivity index (χ1v) is 8.66. The smallest absolute Gasteiger partial charge is 0.248 e. The SMILES string of the molecule is C[C@H]1[C@H]2Cc3ccc(C(N)=O)cc3[C@]1(C)CCN2CC1CC1. The molecule has 1 aliphatic heterocycles. The van der Waals surface area contributed by atoms with Gasteiger partial charge in [0, 0.05) is 18.2 Å². The van der Waals surface area contributed by atoms with Gasteiger partial charge in [0.05, 0.1) is 0 Å². The molecule has 0 unspecified atom stereocenters. The van der Waals surface area contributed by atoms with E-state index in [-0.39, 0.29) is 11.3 Å². The number of hydrogen-bond donors (Lipinski definition) is 1. The van der Waals surface area contributed by atoms with Gasteiger partial charge in [-0.05, 0) is 72.7 Å². The van der Waals surface area contributed by atoms with E-state index >= 15 is 0 Å². The number of amides is 1. The fourth-order valence-electron chi connectivity index (χ4n) is 4.72. The van der Waals surface area contributed by atoms with Crippen molar-refractivity contribution < 1.29 is 4.79 Å². The summed E-state index contributed by atoms with van der Waals surface area (Å²) in [7, 11) is 0. The summed E-state index contributed by atoms with van der Waals surface area (Å²) < 4.78 is 0. The number of piperidine rings is 1. The Morgan fingerprint density at radius 2 is 2.18 bits per heavy atom. The molecule has 1 amide bonds. The first kappa shape index (κ1) is 14.3. The molecule has 118 valence electrons. The number of nitrogens with two attached hydrogens (primary N) is 1. The largest absolute Gasteiger partial charge is 0.366 e. The van der Waals surface area contributed by atoms with Gasteiger partial charge < -0.3 is 5.73 Å². The van der Waals surface area contributed by atoms with Crippen LogP contribution in [0.2, 0.25) is 0 Å². The van der Waals surface area contributed by atoms with Gasteiger partial charge in [-0.2, -0.15) is 0 Å². The molecule has 1 aromatic rings. The van der Waals surface area contributed by atoms with Crippen LogP contribution in [0.25, 0.3) is 0 Å². The van der Waals surface area contributed by atoms with E-state index in [1.807, 2.05) is 6.07 Å². The lowest BCUT2D eigenvalue weighted by Crippen LogP contribution is -2.58. The Morgan fingerprint density at radius 3 is 2.86 bits per heavy atom. The van der Waals surface area contributed by atoms with Crippen molar-refractivity contribution in [3.63, 3.8) is 0 Å². The zero-order valence-electron chi connectivity index (χ0n) is 13.6. The first-order valence-electron chi connectivity index (χ1n) is 8.66. The number of carbonyl (C=O) groups excluding carboxylic acids is 1. The average molecular weight is 298 g/mol. The third kappa shape index (κ3) is 2.10. The summed E-state index contributed by atoms with van der Waals surface area (Å²) in [6, 6.07) is 6.78. The van der Waals surface area contributed by atoms with Gasteiger partial charge in [-0.15, -0.1) is 0 Å². The lowest BCUT2D eigenvalue weighted by molar-refractivity contribution is 0.0284.